The number of ether oxygens (including phenoxy) is 3. The third-order valence-corrected chi connectivity index (χ3v) is 10.00. The largest absolute Gasteiger partial charge is 0.389 e. The molecular weight excluding hydrogens is 507 g/mol. The van der Waals surface area contributed by atoms with E-state index in [1.54, 1.807) is 23.0 Å². The van der Waals surface area contributed by atoms with Gasteiger partial charge in [0.15, 0.2) is 23.4 Å². The molecule has 6 rings (SSSR count). The fourth-order valence-electron chi connectivity index (χ4n) is 4.69. The fourth-order valence-corrected chi connectivity index (χ4v) is 7.81. The van der Waals surface area contributed by atoms with Crippen molar-refractivity contribution in [3.05, 3.63) is 54.2 Å². The maximum Gasteiger partial charge on any atom is 0.389 e. The van der Waals surface area contributed by atoms with E-state index in [1.807, 2.05) is 32.0 Å². The van der Waals surface area contributed by atoms with Gasteiger partial charge in [0.2, 0.25) is 0 Å². The summed E-state index contributed by atoms with van der Waals surface area (Å²) in [7, 11) is 0. The SMILES string of the molecule is CC1(C)O[C@@H]2[C@H](O1)[C@@H](CO[P@]1(=O)OCCS1)O[C@H]2n1cnc2c(CC(=O)c3ccccc3)ncnc21. The van der Waals surface area contributed by atoms with E-state index in [2.05, 4.69) is 15.0 Å². The van der Waals surface area contributed by atoms with Crippen LogP contribution in [-0.4, -0.2) is 68.4 Å². The number of imidazole rings is 1. The fraction of sp³-hybridized carbons (Fsp3) is 0.478. The van der Waals surface area contributed by atoms with E-state index in [0.29, 0.717) is 34.8 Å². The average molecular weight is 533 g/mol. The van der Waals surface area contributed by atoms with E-state index in [0.717, 1.165) is 0 Å². The maximum absolute atomic E-state index is 12.8. The first-order valence-electron chi connectivity index (χ1n) is 11.6. The molecule has 3 fully saturated rings. The van der Waals surface area contributed by atoms with Crippen molar-refractivity contribution < 1.29 is 32.6 Å². The predicted octanol–water partition coefficient (Wildman–Crippen LogP) is 3.56. The Morgan fingerprint density at radius 2 is 2.00 bits per heavy atom. The van der Waals surface area contributed by atoms with Crippen LogP contribution in [0.5, 0.6) is 0 Å². The predicted molar refractivity (Wildman–Crippen MR) is 130 cm³/mol. The molecule has 1 aromatic carbocycles. The molecule has 13 heteroatoms. The average Bonchev–Trinajstić information content (AvgIpc) is 3.62. The van der Waals surface area contributed by atoms with Crippen molar-refractivity contribution in [3.63, 3.8) is 0 Å². The van der Waals surface area contributed by atoms with E-state index in [-0.39, 0.29) is 18.8 Å². The monoisotopic (exact) mass is 532 g/mol. The van der Waals surface area contributed by atoms with Crippen molar-refractivity contribution in [2.24, 2.45) is 0 Å². The lowest BCUT2D eigenvalue weighted by Crippen LogP contribution is -2.32. The first-order valence-corrected chi connectivity index (χ1v) is 14.7. The highest BCUT2D eigenvalue weighted by Gasteiger charge is 2.56. The molecule has 36 heavy (non-hydrogen) atoms. The number of ketones is 1. The summed E-state index contributed by atoms with van der Waals surface area (Å²) in [4.78, 5) is 26.1. The van der Waals surface area contributed by atoms with Gasteiger partial charge in [-0.3, -0.25) is 18.4 Å². The van der Waals surface area contributed by atoms with Crippen molar-refractivity contribution in [1.82, 2.24) is 19.5 Å². The molecule has 3 aliphatic rings. The third kappa shape index (κ3) is 4.51. The van der Waals surface area contributed by atoms with Crippen molar-refractivity contribution in [2.45, 2.75) is 50.6 Å². The third-order valence-electron chi connectivity index (χ3n) is 6.24. The molecule has 0 amide bonds. The quantitative estimate of drug-likeness (QED) is 0.328. The van der Waals surface area contributed by atoms with Gasteiger partial charge in [-0.2, -0.15) is 0 Å². The van der Waals surface area contributed by atoms with Crippen molar-refractivity contribution in [3.8, 4) is 0 Å². The van der Waals surface area contributed by atoms with Crippen molar-refractivity contribution >= 4 is 35.1 Å². The highest BCUT2D eigenvalue weighted by molar-refractivity contribution is 8.55. The molecule has 190 valence electrons. The van der Waals surface area contributed by atoms with Gasteiger partial charge in [0.05, 0.1) is 31.7 Å². The number of hydrogen-bond acceptors (Lipinski definition) is 11. The summed E-state index contributed by atoms with van der Waals surface area (Å²) < 4.78 is 44.0. The number of rotatable bonds is 7. The smallest absolute Gasteiger partial charge is 0.347 e. The maximum atomic E-state index is 12.8. The Hall–Kier alpha value is -2.18. The molecule has 2 aromatic heterocycles. The molecule has 11 nitrogen and oxygen atoms in total. The number of fused-ring (bicyclic) bond motifs is 2. The molecule has 0 spiro atoms. The first kappa shape index (κ1) is 24.2. The van der Waals surface area contributed by atoms with E-state index in [4.69, 9.17) is 23.3 Å². The van der Waals surface area contributed by atoms with E-state index >= 15 is 0 Å². The van der Waals surface area contributed by atoms with Gasteiger partial charge in [-0.05, 0) is 25.2 Å². The van der Waals surface area contributed by atoms with Gasteiger partial charge < -0.3 is 14.2 Å². The van der Waals surface area contributed by atoms with Gasteiger partial charge in [0, 0.05) is 11.3 Å². The lowest BCUT2D eigenvalue weighted by molar-refractivity contribution is -0.199. The van der Waals surface area contributed by atoms with Crippen molar-refractivity contribution in [1.29, 1.82) is 0 Å². The molecule has 5 atom stereocenters. The Kier molecular flexibility index (Phi) is 6.24. The van der Waals surface area contributed by atoms with Gasteiger partial charge in [-0.15, -0.1) is 0 Å². The molecule has 0 aliphatic carbocycles. The molecule has 3 saturated heterocycles. The van der Waals surface area contributed by atoms with Crippen LogP contribution in [0.2, 0.25) is 0 Å². The summed E-state index contributed by atoms with van der Waals surface area (Å²) in [6.45, 7) is 0.900. The highest BCUT2D eigenvalue weighted by Crippen LogP contribution is 2.64. The van der Waals surface area contributed by atoms with Crippen LogP contribution in [0.15, 0.2) is 43.0 Å². The zero-order chi connectivity index (χ0) is 24.9. The summed E-state index contributed by atoms with van der Waals surface area (Å²) in [5.41, 5.74) is 2.16. The lowest BCUT2D eigenvalue weighted by atomic mass is 10.1. The van der Waals surface area contributed by atoms with Crippen LogP contribution in [0, 0.1) is 0 Å². The highest BCUT2D eigenvalue weighted by atomic mass is 32.7. The van der Waals surface area contributed by atoms with E-state index in [9.17, 15) is 9.36 Å². The minimum absolute atomic E-state index is 0.0276. The summed E-state index contributed by atoms with van der Waals surface area (Å²) in [6, 6.07) is 9.06. The van der Waals surface area contributed by atoms with Crippen LogP contribution in [0.25, 0.3) is 11.2 Å². The number of aromatic nitrogens is 4. The topological polar surface area (TPSA) is 124 Å². The number of carbonyl (C=O) groups excluding carboxylic acids is 1. The second kappa shape index (κ2) is 9.29. The number of hydrogen-bond donors (Lipinski definition) is 0. The van der Waals surface area contributed by atoms with E-state index < -0.39 is 37.1 Å². The lowest BCUT2D eigenvalue weighted by Gasteiger charge is -2.25. The molecule has 3 aliphatic heterocycles. The van der Waals surface area contributed by atoms with Crippen molar-refractivity contribution in [2.75, 3.05) is 19.0 Å². The normalized spacial score (nSPS) is 31.2. The van der Waals surface area contributed by atoms with Crippen LogP contribution in [0.4, 0.5) is 0 Å². The zero-order valence-corrected chi connectivity index (χ0v) is 21.4. The number of nitrogens with zero attached hydrogens (tertiary/aromatic N) is 4. The molecule has 0 unspecified atom stereocenters. The molecule has 5 heterocycles. The van der Waals surface area contributed by atoms with Gasteiger partial charge in [-0.1, -0.05) is 30.3 Å². The summed E-state index contributed by atoms with van der Waals surface area (Å²) >= 11 is 1.18. The zero-order valence-electron chi connectivity index (χ0n) is 19.7. The minimum Gasteiger partial charge on any atom is -0.347 e. The molecule has 0 radical (unpaired) electrons. The van der Waals surface area contributed by atoms with E-state index in [1.165, 1.54) is 17.7 Å². The summed E-state index contributed by atoms with van der Waals surface area (Å²) in [5, 5.41) is 0. The molecular formula is C23H25N4O7PS. The molecule has 3 aromatic rings. The van der Waals surface area contributed by atoms with Gasteiger partial charge in [0.1, 0.15) is 30.2 Å². The Bertz CT molecular complexity index is 1330. The van der Waals surface area contributed by atoms with Crippen LogP contribution in [0.3, 0.4) is 0 Å². The minimum atomic E-state index is -3.19. The second-order valence-electron chi connectivity index (χ2n) is 9.15. The Balaban J connectivity index is 1.27. The molecule has 0 saturated carbocycles. The van der Waals surface area contributed by atoms with Crippen LogP contribution >= 0.6 is 18.2 Å². The summed E-state index contributed by atoms with van der Waals surface area (Å²) in [6.07, 6.45) is 1.01. The summed E-state index contributed by atoms with van der Waals surface area (Å²) in [5.74, 6) is -0.271. The molecule has 0 N–H and O–H groups in total. The van der Waals surface area contributed by atoms with Crippen LogP contribution in [-0.2, 0) is 34.2 Å². The Morgan fingerprint density at radius 3 is 2.78 bits per heavy atom. The van der Waals surface area contributed by atoms with Gasteiger partial charge in [-0.25, -0.2) is 19.5 Å². The van der Waals surface area contributed by atoms with Crippen LogP contribution in [0.1, 0.15) is 36.1 Å². The van der Waals surface area contributed by atoms with Crippen LogP contribution < -0.4 is 0 Å². The standard InChI is InChI=1S/C23H25N4O7PS/c1-23(2)33-19-17(11-31-35(29)30-8-9-36-35)32-22(20(19)34-23)27-13-26-18-15(24-12-25-21(18)27)10-16(28)14-6-4-3-5-7-14/h3-7,12-13,17,19-20,22H,8-11H2,1-2H3/t17-,19-,20-,22-,35+/m1/s1. The Labute approximate surface area is 211 Å². The van der Waals surface area contributed by atoms with Gasteiger partial charge >= 0.3 is 6.80 Å². The second-order valence-corrected chi connectivity index (χ2v) is 13.3. The van der Waals surface area contributed by atoms with Gasteiger partial charge in [0.25, 0.3) is 0 Å². The Morgan fingerprint density at radius 1 is 1.19 bits per heavy atom. The number of Topliss-reactive ketones (excluding diaryl/α,β-unsaturated/α-hetero) is 1. The number of carbonyl (C=O) groups is 1. The first-order chi connectivity index (χ1) is 17.3. The molecule has 0 bridgehead atoms. The number of benzene rings is 1.